The zero-order chi connectivity index (χ0) is 21.6. The Labute approximate surface area is 191 Å². The zero-order valence-electron chi connectivity index (χ0n) is 18.0. The lowest BCUT2D eigenvalue weighted by Gasteiger charge is -2.43. The van der Waals surface area contributed by atoms with Crippen LogP contribution in [0, 0.1) is 35.9 Å². The first-order valence-electron chi connectivity index (χ1n) is 11.5. The molecular weight excluding hydrogens is 457 g/mol. The van der Waals surface area contributed by atoms with Crippen LogP contribution in [0.3, 0.4) is 0 Å². The van der Waals surface area contributed by atoms with Gasteiger partial charge in [-0.05, 0) is 104 Å². The van der Waals surface area contributed by atoms with Crippen molar-refractivity contribution in [2.45, 2.75) is 75.9 Å². The van der Waals surface area contributed by atoms with Gasteiger partial charge in [0.05, 0.1) is 18.1 Å². The van der Waals surface area contributed by atoms with Gasteiger partial charge in [-0.15, -0.1) is 0 Å². The molecule has 0 bridgehead atoms. The summed E-state index contributed by atoms with van der Waals surface area (Å²) in [4.78, 5) is 4.97. The van der Waals surface area contributed by atoms with Gasteiger partial charge in [-0.2, -0.15) is 5.26 Å². The SMILES string of the molecule is Cc1c(Br)nc([C@]2(OCC3CC3)CC[C@](C#N)(c3ccc(F)cc3)CC2)n1CC1CC1. The van der Waals surface area contributed by atoms with Gasteiger partial charge in [0, 0.05) is 12.2 Å². The molecule has 1 aromatic carbocycles. The molecule has 3 fully saturated rings. The van der Waals surface area contributed by atoms with E-state index in [1.165, 1.54) is 37.8 Å². The lowest BCUT2D eigenvalue weighted by Crippen LogP contribution is -2.43. The van der Waals surface area contributed by atoms with Crippen LogP contribution < -0.4 is 0 Å². The van der Waals surface area contributed by atoms with E-state index in [4.69, 9.17) is 9.72 Å². The van der Waals surface area contributed by atoms with Gasteiger partial charge < -0.3 is 9.30 Å². The van der Waals surface area contributed by atoms with Crippen molar-refractivity contribution in [1.29, 1.82) is 5.26 Å². The summed E-state index contributed by atoms with van der Waals surface area (Å²) in [6.45, 7) is 3.89. The molecule has 3 aliphatic carbocycles. The Bertz CT molecular complexity index is 993. The van der Waals surface area contributed by atoms with Crippen LogP contribution in [-0.2, 0) is 22.3 Å². The van der Waals surface area contributed by atoms with E-state index in [-0.39, 0.29) is 5.82 Å². The minimum Gasteiger partial charge on any atom is -0.367 e. The Hall–Kier alpha value is -1.71. The van der Waals surface area contributed by atoms with Crippen molar-refractivity contribution in [2.75, 3.05) is 6.61 Å². The van der Waals surface area contributed by atoms with Crippen LogP contribution in [0.2, 0.25) is 0 Å². The molecule has 3 saturated carbocycles. The highest BCUT2D eigenvalue weighted by atomic mass is 79.9. The van der Waals surface area contributed by atoms with Crippen LogP contribution in [0.4, 0.5) is 4.39 Å². The summed E-state index contributed by atoms with van der Waals surface area (Å²) < 4.78 is 23.5. The molecular formula is C25H29BrFN3O. The van der Waals surface area contributed by atoms with Crippen molar-refractivity contribution < 1.29 is 9.13 Å². The zero-order valence-corrected chi connectivity index (χ0v) is 19.6. The minimum absolute atomic E-state index is 0.266. The van der Waals surface area contributed by atoms with Gasteiger partial charge in [0.2, 0.25) is 0 Å². The van der Waals surface area contributed by atoms with Gasteiger partial charge >= 0.3 is 0 Å². The second kappa shape index (κ2) is 8.01. The summed E-state index contributed by atoms with van der Waals surface area (Å²) in [7, 11) is 0. The summed E-state index contributed by atoms with van der Waals surface area (Å²) in [6.07, 6.45) is 7.93. The summed E-state index contributed by atoms with van der Waals surface area (Å²) in [5.41, 5.74) is 1.01. The lowest BCUT2D eigenvalue weighted by atomic mass is 9.65. The average molecular weight is 486 g/mol. The number of halogens is 2. The van der Waals surface area contributed by atoms with E-state index in [2.05, 4.69) is 33.5 Å². The van der Waals surface area contributed by atoms with Crippen molar-refractivity contribution in [3.63, 3.8) is 0 Å². The van der Waals surface area contributed by atoms with Crippen LogP contribution >= 0.6 is 15.9 Å². The van der Waals surface area contributed by atoms with Crippen LogP contribution in [0.5, 0.6) is 0 Å². The number of hydrogen-bond donors (Lipinski definition) is 0. The van der Waals surface area contributed by atoms with Gasteiger partial charge in [0.25, 0.3) is 0 Å². The van der Waals surface area contributed by atoms with Crippen molar-refractivity contribution >= 4 is 15.9 Å². The average Bonchev–Trinajstić information content (AvgIpc) is 3.70. The first-order valence-corrected chi connectivity index (χ1v) is 12.3. The van der Waals surface area contributed by atoms with Gasteiger partial charge in [0.15, 0.2) is 0 Å². The van der Waals surface area contributed by atoms with E-state index in [0.29, 0.717) is 18.8 Å². The maximum Gasteiger partial charge on any atom is 0.142 e. The summed E-state index contributed by atoms with van der Waals surface area (Å²) in [6, 6.07) is 9.04. The molecule has 0 N–H and O–H groups in total. The highest BCUT2D eigenvalue weighted by Gasteiger charge is 2.49. The number of hydrogen-bond acceptors (Lipinski definition) is 3. The van der Waals surface area contributed by atoms with E-state index in [1.807, 2.05) is 0 Å². The van der Waals surface area contributed by atoms with Crippen molar-refractivity contribution in [3.8, 4) is 6.07 Å². The van der Waals surface area contributed by atoms with Crippen LogP contribution in [0.1, 0.15) is 68.4 Å². The largest absolute Gasteiger partial charge is 0.367 e. The van der Waals surface area contributed by atoms with Crippen LogP contribution in [0.15, 0.2) is 28.9 Å². The minimum atomic E-state index is -0.597. The van der Waals surface area contributed by atoms with Crippen molar-refractivity contribution in [1.82, 2.24) is 9.55 Å². The Morgan fingerprint density at radius 2 is 1.77 bits per heavy atom. The fraction of sp³-hybridized carbons (Fsp3) is 0.600. The van der Waals surface area contributed by atoms with E-state index in [9.17, 15) is 9.65 Å². The van der Waals surface area contributed by atoms with E-state index in [0.717, 1.165) is 53.6 Å². The van der Waals surface area contributed by atoms with E-state index in [1.54, 1.807) is 12.1 Å². The van der Waals surface area contributed by atoms with Gasteiger partial charge in [-0.1, -0.05) is 12.1 Å². The normalized spacial score (nSPS) is 28.5. The molecule has 0 spiro atoms. The standard InChI is InChI=1S/C25H29BrFN3O/c1-17-22(26)29-23(30(17)14-18-2-3-18)25(31-15-19-4-5-19)12-10-24(16-28,11-13-25)20-6-8-21(27)9-7-20/h6-9,18-19H,2-5,10-15H2,1H3/t24-,25-. The van der Waals surface area contributed by atoms with Crippen molar-refractivity contribution in [2.24, 2.45) is 11.8 Å². The molecule has 4 nitrogen and oxygen atoms in total. The monoisotopic (exact) mass is 485 g/mol. The Morgan fingerprint density at radius 1 is 1.13 bits per heavy atom. The topological polar surface area (TPSA) is 50.8 Å². The number of rotatable bonds is 7. The Balaban J connectivity index is 1.47. The fourth-order valence-corrected chi connectivity index (χ4v) is 5.33. The number of nitrogens with zero attached hydrogens (tertiary/aromatic N) is 3. The maximum absolute atomic E-state index is 13.5. The number of ether oxygens (including phenoxy) is 1. The molecule has 164 valence electrons. The van der Waals surface area contributed by atoms with Crippen molar-refractivity contribution in [3.05, 3.63) is 51.8 Å². The van der Waals surface area contributed by atoms with E-state index < -0.39 is 11.0 Å². The first-order chi connectivity index (χ1) is 14.9. The quantitative estimate of drug-likeness (QED) is 0.471. The highest BCUT2D eigenvalue weighted by molar-refractivity contribution is 9.10. The summed E-state index contributed by atoms with van der Waals surface area (Å²) in [5, 5.41) is 10.2. The molecule has 0 saturated heterocycles. The van der Waals surface area contributed by atoms with Crippen LogP contribution in [-0.4, -0.2) is 16.2 Å². The van der Waals surface area contributed by atoms with Gasteiger partial charge in [0.1, 0.15) is 21.8 Å². The van der Waals surface area contributed by atoms with Gasteiger partial charge in [-0.25, -0.2) is 9.37 Å². The molecule has 2 aromatic rings. The molecule has 5 rings (SSSR count). The molecule has 0 radical (unpaired) electrons. The van der Waals surface area contributed by atoms with E-state index >= 15 is 0 Å². The van der Waals surface area contributed by atoms with Gasteiger partial charge in [-0.3, -0.25) is 0 Å². The Morgan fingerprint density at radius 3 is 2.35 bits per heavy atom. The summed E-state index contributed by atoms with van der Waals surface area (Å²) >= 11 is 3.66. The highest BCUT2D eigenvalue weighted by Crippen LogP contribution is 2.50. The number of nitriles is 1. The third kappa shape index (κ3) is 4.07. The molecule has 0 unspecified atom stereocenters. The lowest BCUT2D eigenvalue weighted by molar-refractivity contribution is -0.0960. The molecule has 1 aromatic heterocycles. The molecule has 31 heavy (non-hydrogen) atoms. The predicted molar refractivity (Wildman–Crippen MR) is 120 cm³/mol. The number of imidazole rings is 1. The Kier molecular flexibility index (Phi) is 5.46. The molecule has 0 atom stereocenters. The summed E-state index contributed by atoms with van der Waals surface area (Å²) in [5.74, 6) is 2.15. The first kappa shape index (κ1) is 21.2. The molecule has 1 heterocycles. The predicted octanol–water partition coefficient (Wildman–Crippen LogP) is 6.16. The van der Waals surface area contributed by atoms with Crippen LogP contribution in [0.25, 0.3) is 0 Å². The smallest absolute Gasteiger partial charge is 0.142 e. The molecule has 6 heteroatoms. The molecule has 0 amide bonds. The third-order valence-electron chi connectivity index (χ3n) is 7.52. The number of benzene rings is 1. The second-order valence-corrected chi connectivity index (χ2v) is 10.6. The molecule has 0 aliphatic heterocycles. The molecule has 3 aliphatic rings. The second-order valence-electron chi connectivity index (χ2n) is 9.82. The maximum atomic E-state index is 13.5. The fourth-order valence-electron chi connectivity index (χ4n) is 4.94. The number of aromatic nitrogens is 2. The third-order valence-corrected chi connectivity index (χ3v) is 8.27.